The van der Waals surface area contributed by atoms with E-state index in [0.717, 1.165) is 11.4 Å². The van der Waals surface area contributed by atoms with Crippen LogP contribution in [0.4, 0.5) is 0 Å². The highest BCUT2D eigenvalue weighted by atomic mass is 16.5. The number of hydrogen-bond acceptors (Lipinski definition) is 5. The van der Waals surface area contributed by atoms with Gasteiger partial charge in [0.05, 0.1) is 35.0 Å². The van der Waals surface area contributed by atoms with Crippen molar-refractivity contribution in [3.05, 3.63) is 29.3 Å². The first-order valence-corrected chi connectivity index (χ1v) is 8.45. The fourth-order valence-corrected chi connectivity index (χ4v) is 3.46. The third-order valence-corrected chi connectivity index (χ3v) is 4.73. The van der Waals surface area contributed by atoms with Crippen LogP contribution in [0.25, 0.3) is 0 Å². The highest BCUT2D eigenvalue weighted by Crippen LogP contribution is 2.30. The molecule has 0 aromatic carbocycles. The van der Waals surface area contributed by atoms with Crippen LogP contribution in [0.5, 0.6) is 0 Å². The zero-order valence-electron chi connectivity index (χ0n) is 15.7. The zero-order chi connectivity index (χ0) is 18.4. The molecule has 3 heterocycles. The average molecular weight is 346 g/mol. The molecule has 0 unspecified atom stereocenters. The van der Waals surface area contributed by atoms with Gasteiger partial charge in [-0.15, -0.1) is 5.10 Å². The fraction of sp³-hybridized carbons (Fsp3) is 0.647. The minimum absolute atomic E-state index is 0.0126. The molecule has 0 saturated carbocycles. The van der Waals surface area contributed by atoms with Crippen LogP contribution in [0.15, 0.2) is 12.4 Å². The number of carbonyl (C=O) groups excluding carboxylic acids is 1. The average Bonchev–Trinajstić information content (AvgIpc) is 3.23. The molecule has 8 heteroatoms. The van der Waals surface area contributed by atoms with E-state index in [0.29, 0.717) is 18.7 Å². The lowest BCUT2D eigenvalue weighted by Crippen LogP contribution is -2.31. The van der Waals surface area contributed by atoms with E-state index in [1.165, 1.54) is 0 Å². The van der Waals surface area contributed by atoms with Crippen molar-refractivity contribution in [3.63, 3.8) is 0 Å². The predicted octanol–water partition coefficient (Wildman–Crippen LogP) is 1.33. The number of rotatable bonds is 3. The Hall–Kier alpha value is -2.22. The van der Waals surface area contributed by atoms with Gasteiger partial charge in [0.25, 0.3) is 5.91 Å². The molecule has 0 N–H and O–H groups in total. The lowest BCUT2D eigenvalue weighted by molar-refractivity contribution is 0.0713. The van der Waals surface area contributed by atoms with E-state index in [4.69, 9.17) is 4.74 Å². The van der Waals surface area contributed by atoms with Gasteiger partial charge in [-0.3, -0.25) is 14.2 Å². The Morgan fingerprint density at radius 1 is 1.32 bits per heavy atom. The molecule has 0 spiro atoms. The van der Waals surface area contributed by atoms with Gasteiger partial charge < -0.3 is 9.64 Å². The van der Waals surface area contributed by atoms with Gasteiger partial charge in [-0.2, -0.15) is 5.10 Å². The number of aryl methyl sites for hydroxylation is 1. The van der Waals surface area contributed by atoms with E-state index in [-0.39, 0.29) is 23.5 Å². The van der Waals surface area contributed by atoms with Gasteiger partial charge in [0.15, 0.2) is 0 Å². The van der Waals surface area contributed by atoms with Crippen molar-refractivity contribution in [2.45, 2.75) is 45.3 Å². The second kappa shape index (κ2) is 6.25. The van der Waals surface area contributed by atoms with E-state index < -0.39 is 0 Å². The van der Waals surface area contributed by atoms with Crippen LogP contribution in [-0.2, 0) is 17.3 Å². The van der Waals surface area contributed by atoms with Gasteiger partial charge in [0, 0.05) is 39.1 Å². The van der Waals surface area contributed by atoms with Crippen LogP contribution in [0.1, 0.15) is 48.4 Å². The maximum atomic E-state index is 13.0. The SMILES string of the molecule is CO[C@@H]1CN(C(=O)c2cnn(C(C)(C)C)c2C)C[C@H]1c1cn(C)nn1. The number of aromatic nitrogens is 5. The Balaban J connectivity index is 1.83. The van der Waals surface area contributed by atoms with Gasteiger partial charge in [-0.25, -0.2) is 0 Å². The molecule has 3 rings (SSSR count). The summed E-state index contributed by atoms with van der Waals surface area (Å²) in [6.45, 7) is 9.26. The summed E-state index contributed by atoms with van der Waals surface area (Å²) >= 11 is 0. The molecule has 2 aromatic rings. The highest BCUT2D eigenvalue weighted by Gasteiger charge is 2.39. The third-order valence-electron chi connectivity index (χ3n) is 4.73. The lowest BCUT2D eigenvalue weighted by Gasteiger charge is -2.22. The van der Waals surface area contributed by atoms with Crippen molar-refractivity contribution in [2.24, 2.45) is 7.05 Å². The molecule has 136 valence electrons. The maximum absolute atomic E-state index is 13.0. The summed E-state index contributed by atoms with van der Waals surface area (Å²) in [4.78, 5) is 14.9. The van der Waals surface area contributed by atoms with Gasteiger partial charge in [0.2, 0.25) is 0 Å². The summed E-state index contributed by atoms with van der Waals surface area (Å²) in [7, 11) is 3.51. The summed E-state index contributed by atoms with van der Waals surface area (Å²) in [5.41, 5.74) is 2.22. The smallest absolute Gasteiger partial charge is 0.257 e. The number of likely N-dealkylation sites (tertiary alicyclic amines) is 1. The number of nitrogens with zero attached hydrogens (tertiary/aromatic N) is 6. The van der Waals surface area contributed by atoms with E-state index in [2.05, 4.69) is 36.2 Å². The number of ether oxygens (including phenoxy) is 1. The number of hydrogen-bond donors (Lipinski definition) is 0. The molecule has 8 nitrogen and oxygen atoms in total. The molecule has 1 aliphatic heterocycles. The standard InChI is InChI=1S/C17H26N6O2/c1-11-12(7-18-23(11)17(2,3)4)16(24)22-8-13(15(10-22)25-6)14-9-21(5)20-19-14/h7,9,13,15H,8,10H2,1-6H3/t13-,15+/m0/s1. The fourth-order valence-electron chi connectivity index (χ4n) is 3.46. The topological polar surface area (TPSA) is 78.1 Å². The minimum atomic E-state index is -0.162. The number of methoxy groups -OCH3 is 1. The van der Waals surface area contributed by atoms with Gasteiger partial charge in [-0.1, -0.05) is 5.21 Å². The van der Waals surface area contributed by atoms with E-state index in [1.807, 2.05) is 29.7 Å². The number of amides is 1. The predicted molar refractivity (Wildman–Crippen MR) is 92.4 cm³/mol. The quantitative estimate of drug-likeness (QED) is 0.838. The van der Waals surface area contributed by atoms with Crippen molar-refractivity contribution in [1.82, 2.24) is 29.7 Å². The van der Waals surface area contributed by atoms with Crippen LogP contribution in [0, 0.1) is 6.92 Å². The minimum Gasteiger partial charge on any atom is -0.379 e. The van der Waals surface area contributed by atoms with Crippen molar-refractivity contribution < 1.29 is 9.53 Å². The molecule has 1 saturated heterocycles. The Bertz CT molecular complexity index is 772. The van der Waals surface area contributed by atoms with Crippen LogP contribution in [0.3, 0.4) is 0 Å². The van der Waals surface area contributed by atoms with Crippen molar-refractivity contribution in [1.29, 1.82) is 0 Å². The highest BCUT2D eigenvalue weighted by molar-refractivity contribution is 5.95. The first-order valence-electron chi connectivity index (χ1n) is 8.45. The molecule has 1 fully saturated rings. The molecular formula is C17H26N6O2. The largest absolute Gasteiger partial charge is 0.379 e. The van der Waals surface area contributed by atoms with Crippen LogP contribution < -0.4 is 0 Å². The molecule has 0 bridgehead atoms. The van der Waals surface area contributed by atoms with Gasteiger partial charge >= 0.3 is 0 Å². The van der Waals surface area contributed by atoms with E-state index in [1.54, 1.807) is 18.0 Å². The second-order valence-electron chi connectivity index (χ2n) is 7.63. The van der Waals surface area contributed by atoms with Crippen molar-refractivity contribution >= 4 is 5.91 Å². The van der Waals surface area contributed by atoms with Crippen LogP contribution >= 0.6 is 0 Å². The van der Waals surface area contributed by atoms with Crippen molar-refractivity contribution in [2.75, 3.05) is 20.2 Å². The summed E-state index contributed by atoms with van der Waals surface area (Å²) in [6.07, 6.45) is 3.46. The molecule has 2 atom stereocenters. The van der Waals surface area contributed by atoms with Gasteiger partial charge in [0.1, 0.15) is 0 Å². The maximum Gasteiger partial charge on any atom is 0.257 e. The van der Waals surface area contributed by atoms with Crippen LogP contribution in [-0.4, -0.2) is 61.9 Å². The molecule has 2 aromatic heterocycles. The van der Waals surface area contributed by atoms with Crippen LogP contribution in [0.2, 0.25) is 0 Å². The molecule has 25 heavy (non-hydrogen) atoms. The van der Waals surface area contributed by atoms with E-state index >= 15 is 0 Å². The summed E-state index contributed by atoms with van der Waals surface area (Å²) < 4.78 is 9.17. The van der Waals surface area contributed by atoms with E-state index in [9.17, 15) is 4.79 Å². The summed E-state index contributed by atoms with van der Waals surface area (Å²) in [6, 6.07) is 0. The molecule has 1 amide bonds. The Labute approximate surface area is 147 Å². The summed E-state index contributed by atoms with van der Waals surface area (Å²) in [5, 5.41) is 12.6. The Kier molecular flexibility index (Phi) is 4.40. The molecular weight excluding hydrogens is 320 g/mol. The molecule has 1 aliphatic rings. The molecule has 0 aliphatic carbocycles. The monoisotopic (exact) mass is 346 g/mol. The normalized spacial score (nSPS) is 21.1. The zero-order valence-corrected chi connectivity index (χ0v) is 15.7. The Morgan fingerprint density at radius 2 is 2.04 bits per heavy atom. The summed E-state index contributed by atoms with van der Waals surface area (Å²) in [5.74, 6) is 0.0158. The first kappa shape index (κ1) is 17.6. The lowest BCUT2D eigenvalue weighted by atomic mass is 10.0. The van der Waals surface area contributed by atoms with Gasteiger partial charge in [-0.05, 0) is 27.7 Å². The molecule has 0 radical (unpaired) electrons. The second-order valence-corrected chi connectivity index (χ2v) is 7.63. The van der Waals surface area contributed by atoms with Crippen molar-refractivity contribution in [3.8, 4) is 0 Å². The third kappa shape index (κ3) is 3.18. The number of carbonyl (C=O) groups is 1. The first-order chi connectivity index (χ1) is 11.7. The Morgan fingerprint density at radius 3 is 2.56 bits per heavy atom.